The molecule has 3 unspecified atom stereocenters. The minimum Gasteiger partial charge on any atom is -0.393 e. The van der Waals surface area contributed by atoms with Crippen molar-refractivity contribution in [2.75, 3.05) is 0 Å². The molecule has 64 valence electrons. The van der Waals surface area contributed by atoms with E-state index in [-0.39, 0.29) is 6.10 Å². The zero-order valence-electron chi connectivity index (χ0n) is 7.29. The first-order valence-corrected chi connectivity index (χ1v) is 4.97. The van der Waals surface area contributed by atoms with Crippen molar-refractivity contribution >= 4 is 0 Å². The van der Waals surface area contributed by atoms with Crippen molar-refractivity contribution in [1.29, 1.82) is 0 Å². The summed E-state index contributed by atoms with van der Waals surface area (Å²) in [4.78, 5) is 0. The fourth-order valence-corrected chi connectivity index (χ4v) is 3.03. The Bertz CT molecular complexity index is 144. The SMILES string of the molecule is C[C@H]1C(O)CC2CCCCC21. The van der Waals surface area contributed by atoms with E-state index in [1.807, 2.05) is 0 Å². The van der Waals surface area contributed by atoms with E-state index < -0.39 is 0 Å². The summed E-state index contributed by atoms with van der Waals surface area (Å²) in [6.07, 6.45) is 6.67. The Morgan fingerprint density at radius 1 is 1.18 bits per heavy atom. The van der Waals surface area contributed by atoms with E-state index in [0.717, 1.165) is 18.3 Å². The van der Waals surface area contributed by atoms with Crippen LogP contribution < -0.4 is 0 Å². The van der Waals surface area contributed by atoms with E-state index in [0.29, 0.717) is 5.92 Å². The third-order valence-corrected chi connectivity index (χ3v) is 3.79. The van der Waals surface area contributed by atoms with Gasteiger partial charge in [0, 0.05) is 0 Å². The highest BCUT2D eigenvalue weighted by molar-refractivity contribution is 4.90. The lowest BCUT2D eigenvalue weighted by atomic mass is 9.79. The largest absolute Gasteiger partial charge is 0.393 e. The molecule has 1 N–H and O–H groups in total. The third-order valence-electron chi connectivity index (χ3n) is 3.79. The standard InChI is InChI=1S/C10H18O/c1-7-9-5-3-2-4-8(9)6-10(7)11/h7-11H,2-6H2,1H3/t7-,8?,9?,10?/m1/s1. The minimum atomic E-state index is 0.0168. The van der Waals surface area contributed by atoms with Crippen molar-refractivity contribution in [3.63, 3.8) is 0 Å². The van der Waals surface area contributed by atoms with Crippen LogP contribution in [0.4, 0.5) is 0 Å². The topological polar surface area (TPSA) is 20.2 Å². The quantitative estimate of drug-likeness (QED) is 0.567. The highest BCUT2D eigenvalue weighted by Gasteiger charge is 2.40. The van der Waals surface area contributed by atoms with Crippen LogP contribution in [-0.4, -0.2) is 11.2 Å². The third kappa shape index (κ3) is 1.20. The summed E-state index contributed by atoms with van der Waals surface area (Å²) in [5, 5.41) is 9.63. The van der Waals surface area contributed by atoms with Gasteiger partial charge in [0.25, 0.3) is 0 Å². The van der Waals surface area contributed by atoms with Crippen LogP contribution in [0.2, 0.25) is 0 Å². The Morgan fingerprint density at radius 3 is 2.64 bits per heavy atom. The molecule has 2 aliphatic carbocycles. The van der Waals surface area contributed by atoms with Gasteiger partial charge < -0.3 is 5.11 Å². The molecule has 0 aromatic rings. The van der Waals surface area contributed by atoms with E-state index in [2.05, 4.69) is 6.92 Å². The van der Waals surface area contributed by atoms with Crippen LogP contribution >= 0.6 is 0 Å². The molecule has 2 fully saturated rings. The number of aliphatic hydroxyl groups is 1. The Kier molecular flexibility index (Phi) is 1.92. The number of hydrogen-bond acceptors (Lipinski definition) is 1. The van der Waals surface area contributed by atoms with Gasteiger partial charge in [-0.05, 0) is 30.6 Å². The summed E-state index contributed by atoms with van der Waals surface area (Å²) < 4.78 is 0. The molecular formula is C10H18O. The maximum atomic E-state index is 9.63. The lowest BCUT2D eigenvalue weighted by Crippen LogP contribution is -2.19. The molecule has 4 atom stereocenters. The van der Waals surface area contributed by atoms with Crippen LogP contribution in [0, 0.1) is 17.8 Å². The Balaban J connectivity index is 2.05. The van der Waals surface area contributed by atoms with Crippen molar-refractivity contribution in [3.8, 4) is 0 Å². The Morgan fingerprint density at radius 2 is 1.91 bits per heavy atom. The van der Waals surface area contributed by atoms with Crippen LogP contribution in [0.25, 0.3) is 0 Å². The van der Waals surface area contributed by atoms with Crippen LogP contribution in [0.5, 0.6) is 0 Å². The van der Waals surface area contributed by atoms with Gasteiger partial charge in [-0.3, -0.25) is 0 Å². The second-order valence-corrected chi connectivity index (χ2v) is 4.37. The Labute approximate surface area is 68.8 Å². The number of hydrogen-bond donors (Lipinski definition) is 1. The van der Waals surface area contributed by atoms with Crippen molar-refractivity contribution in [1.82, 2.24) is 0 Å². The monoisotopic (exact) mass is 154 g/mol. The van der Waals surface area contributed by atoms with Crippen LogP contribution in [0.15, 0.2) is 0 Å². The van der Waals surface area contributed by atoms with Crippen LogP contribution in [0.3, 0.4) is 0 Å². The summed E-state index contributed by atoms with van der Waals surface area (Å²) in [5.74, 6) is 2.31. The van der Waals surface area contributed by atoms with E-state index in [1.54, 1.807) is 0 Å². The normalized spacial score (nSPS) is 50.7. The van der Waals surface area contributed by atoms with E-state index in [9.17, 15) is 5.11 Å². The second kappa shape index (κ2) is 2.78. The number of rotatable bonds is 0. The smallest absolute Gasteiger partial charge is 0.0571 e. The molecule has 1 nitrogen and oxygen atoms in total. The molecule has 0 radical (unpaired) electrons. The van der Waals surface area contributed by atoms with Gasteiger partial charge in [0.2, 0.25) is 0 Å². The highest BCUT2D eigenvalue weighted by atomic mass is 16.3. The highest BCUT2D eigenvalue weighted by Crippen LogP contribution is 2.45. The predicted molar refractivity (Wildman–Crippen MR) is 45.2 cm³/mol. The van der Waals surface area contributed by atoms with Gasteiger partial charge in [-0.15, -0.1) is 0 Å². The van der Waals surface area contributed by atoms with Gasteiger partial charge in [0.1, 0.15) is 0 Å². The molecule has 0 spiro atoms. The van der Waals surface area contributed by atoms with E-state index >= 15 is 0 Å². The van der Waals surface area contributed by atoms with Crippen molar-refractivity contribution in [2.45, 2.75) is 45.1 Å². The molecule has 0 aliphatic heterocycles. The van der Waals surface area contributed by atoms with Gasteiger partial charge in [-0.1, -0.05) is 26.2 Å². The zero-order valence-corrected chi connectivity index (χ0v) is 7.29. The molecule has 0 bridgehead atoms. The molecular weight excluding hydrogens is 136 g/mol. The molecule has 0 heterocycles. The van der Waals surface area contributed by atoms with Gasteiger partial charge in [-0.2, -0.15) is 0 Å². The summed E-state index contributed by atoms with van der Waals surface area (Å²) in [6.45, 7) is 2.22. The van der Waals surface area contributed by atoms with E-state index in [1.165, 1.54) is 25.7 Å². The number of aliphatic hydroxyl groups excluding tert-OH is 1. The zero-order chi connectivity index (χ0) is 7.84. The fourth-order valence-electron chi connectivity index (χ4n) is 3.03. The Hall–Kier alpha value is -0.0400. The minimum absolute atomic E-state index is 0.0168. The van der Waals surface area contributed by atoms with Gasteiger partial charge in [-0.25, -0.2) is 0 Å². The molecule has 0 aromatic heterocycles. The molecule has 1 heteroatoms. The molecule has 2 saturated carbocycles. The van der Waals surface area contributed by atoms with Gasteiger partial charge >= 0.3 is 0 Å². The first kappa shape index (κ1) is 7.60. The maximum absolute atomic E-state index is 9.63. The van der Waals surface area contributed by atoms with Gasteiger partial charge in [0.05, 0.1) is 6.10 Å². The molecule has 0 aromatic carbocycles. The van der Waals surface area contributed by atoms with Crippen molar-refractivity contribution < 1.29 is 5.11 Å². The van der Waals surface area contributed by atoms with Gasteiger partial charge in [0.15, 0.2) is 0 Å². The first-order valence-electron chi connectivity index (χ1n) is 4.97. The van der Waals surface area contributed by atoms with Crippen molar-refractivity contribution in [2.24, 2.45) is 17.8 Å². The molecule has 0 amide bonds. The summed E-state index contributed by atoms with van der Waals surface area (Å²) in [6, 6.07) is 0. The first-order chi connectivity index (χ1) is 5.29. The molecule has 11 heavy (non-hydrogen) atoms. The lowest BCUT2D eigenvalue weighted by molar-refractivity contribution is 0.125. The summed E-state index contributed by atoms with van der Waals surface area (Å²) in [7, 11) is 0. The van der Waals surface area contributed by atoms with Crippen LogP contribution in [0.1, 0.15) is 39.0 Å². The summed E-state index contributed by atoms with van der Waals surface area (Å²) >= 11 is 0. The molecule has 2 rings (SSSR count). The maximum Gasteiger partial charge on any atom is 0.0571 e. The molecule has 0 saturated heterocycles. The lowest BCUT2D eigenvalue weighted by Gasteiger charge is -2.27. The average molecular weight is 154 g/mol. The fraction of sp³-hybridized carbons (Fsp3) is 1.00. The average Bonchev–Trinajstić information content (AvgIpc) is 2.30. The van der Waals surface area contributed by atoms with Crippen molar-refractivity contribution in [3.05, 3.63) is 0 Å². The van der Waals surface area contributed by atoms with E-state index in [4.69, 9.17) is 0 Å². The predicted octanol–water partition coefficient (Wildman–Crippen LogP) is 2.19. The van der Waals surface area contributed by atoms with Crippen LogP contribution in [-0.2, 0) is 0 Å². The number of fused-ring (bicyclic) bond motifs is 1. The summed E-state index contributed by atoms with van der Waals surface area (Å²) in [5.41, 5.74) is 0. The second-order valence-electron chi connectivity index (χ2n) is 4.37. The molecule has 2 aliphatic rings.